The molecule has 0 saturated heterocycles. The van der Waals surface area contributed by atoms with E-state index in [2.05, 4.69) is 5.32 Å². The summed E-state index contributed by atoms with van der Waals surface area (Å²) in [5, 5.41) is 14.9. The van der Waals surface area contributed by atoms with Gasteiger partial charge in [-0.05, 0) is 29.8 Å². The van der Waals surface area contributed by atoms with Gasteiger partial charge in [-0.25, -0.2) is 0 Å². The van der Waals surface area contributed by atoms with Crippen molar-refractivity contribution in [2.24, 2.45) is 0 Å². The molecule has 98 valence electrons. The van der Waals surface area contributed by atoms with Gasteiger partial charge in [-0.3, -0.25) is 10.1 Å². The number of nitro groups is 1. The van der Waals surface area contributed by atoms with E-state index >= 15 is 0 Å². The van der Waals surface area contributed by atoms with E-state index in [4.69, 9.17) is 23.2 Å². The molecule has 19 heavy (non-hydrogen) atoms. The molecule has 2 rings (SSSR count). The van der Waals surface area contributed by atoms with Crippen LogP contribution in [0.5, 0.6) is 0 Å². The maximum absolute atomic E-state index is 10.7. The molecule has 2 aromatic carbocycles. The molecule has 1 N–H and O–H groups in total. The average molecular weight is 297 g/mol. The lowest BCUT2D eigenvalue weighted by Crippen LogP contribution is -2.00. The van der Waals surface area contributed by atoms with Crippen molar-refractivity contribution in [2.45, 2.75) is 6.54 Å². The number of nitro benzene ring substituents is 1. The Bertz CT molecular complexity index is 597. The summed E-state index contributed by atoms with van der Waals surface area (Å²) in [4.78, 5) is 10.2. The summed E-state index contributed by atoms with van der Waals surface area (Å²) in [5.41, 5.74) is 1.63. The zero-order chi connectivity index (χ0) is 13.8. The second-order valence-corrected chi connectivity index (χ2v) is 4.81. The lowest BCUT2D eigenvalue weighted by molar-refractivity contribution is -0.384. The Hall–Kier alpha value is -1.78. The smallest absolute Gasteiger partial charge is 0.271 e. The van der Waals surface area contributed by atoms with Crippen LogP contribution in [0, 0.1) is 10.1 Å². The number of nitrogens with one attached hydrogen (secondary N) is 1. The van der Waals surface area contributed by atoms with Gasteiger partial charge in [0, 0.05) is 34.4 Å². The topological polar surface area (TPSA) is 55.2 Å². The fourth-order valence-electron chi connectivity index (χ4n) is 1.65. The lowest BCUT2D eigenvalue weighted by Gasteiger charge is -2.07. The molecule has 0 unspecified atom stereocenters. The zero-order valence-corrected chi connectivity index (χ0v) is 11.3. The SMILES string of the molecule is O=[N+]([O-])c1cccc(NCc2cc(Cl)cc(Cl)c2)c1. The predicted molar refractivity (Wildman–Crippen MR) is 76.9 cm³/mol. The van der Waals surface area contributed by atoms with E-state index < -0.39 is 4.92 Å². The van der Waals surface area contributed by atoms with Crippen molar-refractivity contribution in [3.8, 4) is 0 Å². The number of nitrogens with zero attached hydrogens (tertiary/aromatic N) is 1. The highest BCUT2D eigenvalue weighted by Gasteiger charge is 2.05. The average Bonchev–Trinajstić information content (AvgIpc) is 2.35. The Morgan fingerprint density at radius 2 is 1.79 bits per heavy atom. The summed E-state index contributed by atoms with van der Waals surface area (Å²) in [5.74, 6) is 0. The summed E-state index contributed by atoms with van der Waals surface area (Å²) in [6.45, 7) is 0.488. The molecule has 0 bridgehead atoms. The fraction of sp³-hybridized carbons (Fsp3) is 0.0769. The highest BCUT2D eigenvalue weighted by molar-refractivity contribution is 6.34. The van der Waals surface area contributed by atoms with Crippen LogP contribution in [0.25, 0.3) is 0 Å². The van der Waals surface area contributed by atoms with Crippen molar-refractivity contribution >= 4 is 34.6 Å². The molecule has 0 saturated carbocycles. The monoisotopic (exact) mass is 296 g/mol. The van der Waals surface area contributed by atoms with E-state index in [1.54, 1.807) is 30.3 Å². The van der Waals surface area contributed by atoms with Crippen LogP contribution in [0.4, 0.5) is 11.4 Å². The third-order valence-corrected chi connectivity index (χ3v) is 2.91. The standard InChI is InChI=1S/C13H10Cl2N2O2/c14-10-4-9(5-11(15)6-10)8-16-12-2-1-3-13(7-12)17(18)19/h1-7,16H,8H2. The number of non-ortho nitro benzene ring substituents is 1. The number of halogens is 2. The first-order valence-electron chi connectivity index (χ1n) is 5.48. The molecule has 0 aliphatic carbocycles. The second kappa shape index (κ2) is 5.91. The van der Waals surface area contributed by atoms with Gasteiger partial charge in [0.1, 0.15) is 0 Å². The van der Waals surface area contributed by atoms with E-state index in [1.165, 1.54) is 12.1 Å². The molecule has 6 heteroatoms. The van der Waals surface area contributed by atoms with E-state index in [1.807, 2.05) is 0 Å². The summed E-state index contributed by atoms with van der Waals surface area (Å²) in [6.07, 6.45) is 0. The molecule has 0 amide bonds. The summed E-state index contributed by atoms with van der Waals surface area (Å²) in [6, 6.07) is 11.5. The minimum Gasteiger partial charge on any atom is -0.381 e. The van der Waals surface area contributed by atoms with Crippen LogP contribution in [-0.2, 0) is 6.54 Å². The lowest BCUT2D eigenvalue weighted by atomic mass is 10.2. The Morgan fingerprint density at radius 1 is 1.11 bits per heavy atom. The van der Waals surface area contributed by atoms with Gasteiger partial charge in [-0.15, -0.1) is 0 Å². The molecule has 4 nitrogen and oxygen atoms in total. The van der Waals surface area contributed by atoms with Crippen LogP contribution in [0.3, 0.4) is 0 Å². The van der Waals surface area contributed by atoms with Crippen molar-refractivity contribution in [1.29, 1.82) is 0 Å². The van der Waals surface area contributed by atoms with Crippen LogP contribution < -0.4 is 5.32 Å². The van der Waals surface area contributed by atoms with Crippen molar-refractivity contribution in [1.82, 2.24) is 0 Å². The zero-order valence-electron chi connectivity index (χ0n) is 9.77. The Labute approximate surface area is 120 Å². The molecule has 0 aromatic heterocycles. The number of anilines is 1. The quantitative estimate of drug-likeness (QED) is 0.667. The van der Waals surface area contributed by atoms with Gasteiger partial charge in [-0.1, -0.05) is 29.3 Å². The third kappa shape index (κ3) is 3.84. The van der Waals surface area contributed by atoms with Crippen molar-refractivity contribution < 1.29 is 4.92 Å². The molecule has 0 aliphatic heterocycles. The van der Waals surface area contributed by atoms with E-state index in [9.17, 15) is 10.1 Å². The Balaban J connectivity index is 2.10. The summed E-state index contributed by atoms with van der Waals surface area (Å²) < 4.78 is 0. The van der Waals surface area contributed by atoms with Crippen LogP contribution in [0.2, 0.25) is 10.0 Å². The molecule has 0 radical (unpaired) electrons. The van der Waals surface area contributed by atoms with Gasteiger partial charge in [0.15, 0.2) is 0 Å². The molecule has 2 aromatic rings. The summed E-state index contributed by atoms with van der Waals surface area (Å²) in [7, 11) is 0. The molecule has 0 spiro atoms. The van der Waals surface area contributed by atoms with Crippen LogP contribution in [0.15, 0.2) is 42.5 Å². The largest absolute Gasteiger partial charge is 0.381 e. The van der Waals surface area contributed by atoms with Crippen LogP contribution in [0.1, 0.15) is 5.56 Å². The van der Waals surface area contributed by atoms with Crippen LogP contribution in [-0.4, -0.2) is 4.92 Å². The molecular weight excluding hydrogens is 287 g/mol. The molecular formula is C13H10Cl2N2O2. The second-order valence-electron chi connectivity index (χ2n) is 3.94. The van der Waals surface area contributed by atoms with E-state index in [0.29, 0.717) is 22.3 Å². The minimum atomic E-state index is -0.429. The third-order valence-electron chi connectivity index (χ3n) is 2.48. The van der Waals surface area contributed by atoms with Gasteiger partial charge in [0.25, 0.3) is 5.69 Å². The first kappa shape index (κ1) is 13.6. The van der Waals surface area contributed by atoms with Gasteiger partial charge in [0.05, 0.1) is 4.92 Å². The van der Waals surface area contributed by atoms with Crippen molar-refractivity contribution in [2.75, 3.05) is 5.32 Å². The van der Waals surface area contributed by atoms with Gasteiger partial charge in [0.2, 0.25) is 0 Å². The normalized spacial score (nSPS) is 10.2. The van der Waals surface area contributed by atoms with Crippen molar-refractivity contribution in [3.63, 3.8) is 0 Å². The van der Waals surface area contributed by atoms with Gasteiger partial charge < -0.3 is 5.32 Å². The minimum absolute atomic E-state index is 0.0501. The first-order valence-corrected chi connectivity index (χ1v) is 6.23. The highest BCUT2D eigenvalue weighted by atomic mass is 35.5. The van der Waals surface area contributed by atoms with E-state index in [-0.39, 0.29) is 5.69 Å². The number of hydrogen-bond acceptors (Lipinski definition) is 3. The van der Waals surface area contributed by atoms with Gasteiger partial charge >= 0.3 is 0 Å². The number of rotatable bonds is 4. The maximum Gasteiger partial charge on any atom is 0.271 e. The first-order chi connectivity index (χ1) is 9.04. The Kier molecular flexibility index (Phi) is 4.24. The maximum atomic E-state index is 10.7. The van der Waals surface area contributed by atoms with E-state index in [0.717, 1.165) is 5.56 Å². The van der Waals surface area contributed by atoms with Crippen LogP contribution >= 0.6 is 23.2 Å². The molecule has 0 heterocycles. The Morgan fingerprint density at radius 3 is 2.42 bits per heavy atom. The van der Waals surface area contributed by atoms with Gasteiger partial charge in [-0.2, -0.15) is 0 Å². The fourth-order valence-corrected chi connectivity index (χ4v) is 2.22. The molecule has 0 aliphatic rings. The van der Waals surface area contributed by atoms with Crippen molar-refractivity contribution in [3.05, 3.63) is 68.2 Å². The number of benzene rings is 2. The summed E-state index contributed by atoms with van der Waals surface area (Å²) >= 11 is 11.8. The molecule has 0 fully saturated rings. The number of hydrogen-bond donors (Lipinski definition) is 1. The highest BCUT2D eigenvalue weighted by Crippen LogP contribution is 2.21. The predicted octanol–water partition coefficient (Wildman–Crippen LogP) is 4.51. The molecule has 0 atom stereocenters.